The van der Waals surface area contributed by atoms with Crippen molar-refractivity contribution in [1.29, 1.82) is 0 Å². The smallest absolute Gasteiger partial charge is 0.329 e. The van der Waals surface area contributed by atoms with Gasteiger partial charge in [0, 0.05) is 12.1 Å². The molecule has 0 bridgehead atoms. The molecule has 1 rings (SSSR count). The molecule has 2 N–H and O–H groups in total. The number of nitrogens with zero attached hydrogens (tertiary/aromatic N) is 3. The first-order chi connectivity index (χ1) is 7.85. The summed E-state index contributed by atoms with van der Waals surface area (Å²) in [6.07, 6.45) is 1.47. The molecule has 0 unspecified atom stereocenters. The van der Waals surface area contributed by atoms with Gasteiger partial charge in [-0.25, -0.2) is 4.98 Å². The number of aromatic nitrogens is 2. The Morgan fingerprint density at radius 2 is 2.29 bits per heavy atom. The molecule has 17 heavy (non-hydrogen) atoms. The van der Waals surface area contributed by atoms with Crippen LogP contribution in [0.1, 0.15) is 20.3 Å². The standard InChI is InChI=1S/C9H13ClN4O3/c1-9(2,3-4-15)13-7-6(14(16)17)5-11-8(10)12-7/h5,15H,3-4H2,1-2H3,(H,11,12,13). The first kappa shape index (κ1) is 13.6. The molecule has 1 heterocycles. The third-order valence-corrected chi connectivity index (χ3v) is 2.31. The van der Waals surface area contributed by atoms with Crippen LogP contribution in [-0.2, 0) is 0 Å². The van der Waals surface area contributed by atoms with Gasteiger partial charge in [-0.2, -0.15) is 4.98 Å². The number of hydrogen-bond acceptors (Lipinski definition) is 6. The summed E-state index contributed by atoms with van der Waals surface area (Å²) in [6, 6.07) is 0. The summed E-state index contributed by atoms with van der Waals surface area (Å²) in [5.41, 5.74) is -0.780. The van der Waals surface area contributed by atoms with Crippen molar-refractivity contribution >= 4 is 23.1 Å². The summed E-state index contributed by atoms with van der Waals surface area (Å²) >= 11 is 5.59. The number of hydrogen-bond donors (Lipinski definition) is 2. The van der Waals surface area contributed by atoms with Gasteiger partial charge in [-0.3, -0.25) is 10.1 Å². The minimum absolute atomic E-state index is 0.0351. The van der Waals surface area contributed by atoms with Crippen molar-refractivity contribution in [2.24, 2.45) is 0 Å². The van der Waals surface area contributed by atoms with Gasteiger partial charge in [0.15, 0.2) is 0 Å². The lowest BCUT2D eigenvalue weighted by Crippen LogP contribution is -2.32. The average molecular weight is 261 g/mol. The Labute approximate surface area is 103 Å². The van der Waals surface area contributed by atoms with Crippen LogP contribution in [0.15, 0.2) is 6.20 Å². The van der Waals surface area contributed by atoms with E-state index in [2.05, 4.69) is 15.3 Å². The van der Waals surface area contributed by atoms with Crippen LogP contribution in [0.25, 0.3) is 0 Å². The van der Waals surface area contributed by atoms with Gasteiger partial charge < -0.3 is 10.4 Å². The number of aliphatic hydroxyl groups excluding tert-OH is 1. The van der Waals surface area contributed by atoms with Crippen molar-refractivity contribution in [2.45, 2.75) is 25.8 Å². The molecular formula is C9H13ClN4O3. The third kappa shape index (κ3) is 3.79. The second-order valence-corrected chi connectivity index (χ2v) is 4.45. The lowest BCUT2D eigenvalue weighted by molar-refractivity contribution is -0.384. The topological polar surface area (TPSA) is 101 Å². The van der Waals surface area contributed by atoms with Crippen LogP contribution in [0.5, 0.6) is 0 Å². The van der Waals surface area contributed by atoms with Gasteiger partial charge in [0.2, 0.25) is 11.1 Å². The van der Waals surface area contributed by atoms with E-state index in [0.717, 1.165) is 6.20 Å². The predicted octanol–water partition coefficient (Wildman–Crippen LogP) is 1.61. The SMILES string of the molecule is CC(C)(CCO)Nc1nc(Cl)ncc1[N+](=O)[O-]. The largest absolute Gasteiger partial charge is 0.396 e. The van der Waals surface area contributed by atoms with E-state index in [1.54, 1.807) is 13.8 Å². The number of rotatable bonds is 5. The van der Waals surface area contributed by atoms with E-state index in [1.807, 2.05) is 0 Å². The molecule has 0 aliphatic carbocycles. The summed E-state index contributed by atoms with van der Waals surface area (Å²) < 4.78 is 0. The zero-order valence-corrected chi connectivity index (χ0v) is 10.2. The Bertz CT molecular complexity index is 425. The van der Waals surface area contributed by atoms with Crippen molar-refractivity contribution in [1.82, 2.24) is 9.97 Å². The van der Waals surface area contributed by atoms with Crippen molar-refractivity contribution in [3.63, 3.8) is 0 Å². The zero-order valence-electron chi connectivity index (χ0n) is 9.47. The third-order valence-electron chi connectivity index (χ3n) is 2.13. The van der Waals surface area contributed by atoms with E-state index in [4.69, 9.17) is 16.7 Å². The first-order valence-corrected chi connectivity index (χ1v) is 5.29. The monoisotopic (exact) mass is 260 g/mol. The first-order valence-electron chi connectivity index (χ1n) is 4.92. The van der Waals surface area contributed by atoms with Crippen molar-refractivity contribution in [3.8, 4) is 0 Å². The van der Waals surface area contributed by atoms with E-state index in [-0.39, 0.29) is 23.4 Å². The van der Waals surface area contributed by atoms with Crippen LogP contribution < -0.4 is 5.32 Å². The van der Waals surface area contributed by atoms with Crippen LogP contribution in [-0.4, -0.2) is 32.1 Å². The minimum atomic E-state index is -0.590. The maximum Gasteiger partial charge on any atom is 0.329 e. The molecule has 8 heteroatoms. The highest BCUT2D eigenvalue weighted by Crippen LogP contribution is 2.26. The highest BCUT2D eigenvalue weighted by atomic mass is 35.5. The molecule has 94 valence electrons. The molecule has 0 spiro atoms. The molecule has 0 radical (unpaired) electrons. The molecule has 1 aromatic heterocycles. The number of nitro groups is 1. The molecule has 0 atom stereocenters. The lowest BCUT2D eigenvalue weighted by atomic mass is 10.0. The van der Waals surface area contributed by atoms with Crippen LogP contribution in [0.2, 0.25) is 5.28 Å². The predicted molar refractivity (Wildman–Crippen MR) is 63.1 cm³/mol. The average Bonchev–Trinajstić information content (AvgIpc) is 2.15. The highest BCUT2D eigenvalue weighted by Gasteiger charge is 2.24. The quantitative estimate of drug-likeness (QED) is 0.474. The lowest BCUT2D eigenvalue weighted by Gasteiger charge is -2.25. The molecule has 0 aromatic carbocycles. The fourth-order valence-electron chi connectivity index (χ4n) is 1.24. The Morgan fingerprint density at radius 3 is 2.82 bits per heavy atom. The molecule has 0 fully saturated rings. The maximum atomic E-state index is 10.8. The number of aliphatic hydroxyl groups is 1. The Kier molecular flexibility index (Phi) is 4.19. The van der Waals surface area contributed by atoms with Gasteiger partial charge in [0.25, 0.3) is 0 Å². The second kappa shape index (κ2) is 5.24. The van der Waals surface area contributed by atoms with Crippen LogP contribution >= 0.6 is 11.6 Å². The van der Waals surface area contributed by atoms with E-state index in [9.17, 15) is 10.1 Å². The van der Waals surface area contributed by atoms with Gasteiger partial charge in [-0.15, -0.1) is 0 Å². The molecule has 0 amide bonds. The fraction of sp³-hybridized carbons (Fsp3) is 0.556. The molecule has 0 aliphatic heterocycles. The summed E-state index contributed by atoms with van der Waals surface area (Å²) in [7, 11) is 0. The van der Waals surface area contributed by atoms with Crippen molar-refractivity contribution in [3.05, 3.63) is 21.6 Å². The highest BCUT2D eigenvalue weighted by molar-refractivity contribution is 6.28. The van der Waals surface area contributed by atoms with Crippen molar-refractivity contribution in [2.75, 3.05) is 11.9 Å². The van der Waals surface area contributed by atoms with E-state index >= 15 is 0 Å². The van der Waals surface area contributed by atoms with E-state index < -0.39 is 10.5 Å². The van der Waals surface area contributed by atoms with Crippen LogP contribution in [0.4, 0.5) is 11.5 Å². The summed E-state index contributed by atoms with van der Waals surface area (Å²) in [5, 5.41) is 22.5. The Hall–Kier alpha value is -1.47. The van der Waals surface area contributed by atoms with Gasteiger partial charge in [0.05, 0.1) is 4.92 Å². The van der Waals surface area contributed by atoms with Gasteiger partial charge in [-0.1, -0.05) is 0 Å². The van der Waals surface area contributed by atoms with Gasteiger partial charge in [0.1, 0.15) is 6.20 Å². The number of anilines is 1. The summed E-state index contributed by atoms with van der Waals surface area (Å²) in [6.45, 7) is 3.55. The molecule has 1 aromatic rings. The normalized spacial score (nSPS) is 11.3. The van der Waals surface area contributed by atoms with Gasteiger partial charge in [-0.05, 0) is 31.9 Å². The zero-order chi connectivity index (χ0) is 13.1. The van der Waals surface area contributed by atoms with Crippen LogP contribution in [0, 0.1) is 10.1 Å². The fourth-order valence-corrected chi connectivity index (χ4v) is 1.38. The molecule has 0 saturated carbocycles. The van der Waals surface area contributed by atoms with Crippen molar-refractivity contribution < 1.29 is 10.0 Å². The molecule has 0 saturated heterocycles. The summed E-state index contributed by atoms with van der Waals surface area (Å²) in [5.74, 6) is 0.0495. The van der Waals surface area contributed by atoms with Gasteiger partial charge >= 0.3 is 5.69 Å². The Morgan fingerprint density at radius 1 is 1.65 bits per heavy atom. The Balaban J connectivity index is 3.04. The second-order valence-electron chi connectivity index (χ2n) is 4.11. The maximum absolute atomic E-state index is 10.8. The van der Waals surface area contributed by atoms with Crippen LogP contribution in [0.3, 0.4) is 0 Å². The molecule has 0 aliphatic rings. The molecular weight excluding hydrogens is 248 g/mol. The van der Waals surface area contributed by atoms with E-state index in [0.29, 0.717) is 6.42 Å². The summed E-state index contributed by atoms with van der Waals surface area (Å²) in [4.78, 5) is 17.5. The molecule has 7 nitrogen and oxygen atoms in total. The number of nitrogens with one attached hydrogen (secondary N) is 1. The number of halogens is 1. The van der Waals surface area contributed by atoms with E-state index in [1.165, 1.54) is 0 Å². The minimum Gasteiger partial charge on any atom is -0.396 e.